The second kappa shape index (κ2) is 7.62. The van der Waals surface area contributed by atoms with Crippen LogP contribution in [-0.4, -0.2) is 14.5 Å². The number of allylic oxidation sites excluding steroid dienone is 1. The van der Waals surface area contributed by atoms with Crippen molar-refractivity contribution >= 4 is 13.9 Å². The summed E-state index contributed by atoms with van der Waals surface area (Å²) in [6.45, 7) is 2.45. The predicted octanol–water partition coefficient (Wildman–Crippen LogP) is 3.32. The van der Waals surface area contributed by atoms with E-state index in [0.29, 0.717) is 12.5 Å². The van der Waals surface area contributed by atoms with Crippen LogP contribution in [0.4, 0.5) is 0 Å². The van der Waals surface area contributed by atoms with Crippen molar-refractivity contribution in [1.29, 1.82) is 0 Å². The molecule has 0 saturated heterocycles. The molecule has 2 radical (unpaired) electrons. The van der Waals surface area contributed by atoms with Gasteiger partial charge in [-0.15, -0.1) is 6.42 Å². The van der Waals surface area contributed by atoms with E-state index >= 15 is 0 Å². The van der Waals surface area contributed by atoms with E-state index in [1.807, 2.05) is 24.3 Å². The molecule has 0 saturated carbocycles. The Morgan fingerprint density at radius 1 is 1.41 bits per heavy atom. The maximum absolute atomic E-state index is 5.55. The Kier molecular flexibility index (Phi) is 6.03. The molecular formula is C15H17BO. The van der Waals surface area contributed by atoms with Crippen molar-refractivity contribution in [3.05, 3.63) is 35.9 Å². The minimum Gasteiger partial charge on any atom is -0.481 e. The van der Waals surface area contributed by atoms with Crippen LogP contribution in [0.5, 0.6) is 5.75 Å². The minimum absolute atomic E-state index is 0.309. The van der Waals surface area contributed by atoms with Crippen LogP contribution in [0.15, 0.2) is 30.3 Å². The maximum Gasteiger partial charge on any atom is 0.148 e. The van der Waals surface area contributed by atoms with Gasteiger partial charge in [0.05, 0.1) is 7.85 Å². The van der Waals surface area contributed by atoms with E-state index in [4.69, 9.17) is 19.0 Å². The van der Waals surface area contributed by atoms with Gasteiger partial charge in [-0.1, -0.05) is 43.4 Å². The first-order chi connectivity index (χ1) is 8.26. The fourth-order valence-electron chi connectivity index (χ4n) is 1.33. The van der Waals surface area contributed by atoms with Crippen molar-refractivity contribution in [2.45, 2.75) is 19.7 Å². The second-order valence-electron chi connectivity index (χ2n) is 4.04. The van der Waals surface area contributed by atoms with Crippen LogP contribution in [-0.2, 0) is 0 Å². The molecule has 1 rings (SSSR count). The average molecular weight is 224 g/mol. The molecule has 0 amide bonds. The van der Waals surface area contributed by atoms with Crippen LogP contribution in [0.1, 0.15) is 18.9 Å². The molecule has 0 unspecified atom stereocenters. The molecule has 0 spiro atoms. The van der Waals surface area contributed by atoms with Gasteiger partial charge in [-0.3, -0.25) is 0 Å². The normalized spacial score (nSPS) is 12.2. The first-order valence-corrected chi connectivity index (χ1v) is 5.79. The number of ether oxygens (including phenoxy) is 1. The van der Waals surface area contributed by atoms with Crippen molar-refractivity contribution in [2.75, 3.05) is 6.61 Å². The Hall–Kier alpha value is -1.62. The third-order valence-electron chi connectivity index (χ3n) is 2.45. The first-order valence-electron chi connectivity index (χ1n) is 5.79. The molecule has 0 aromatic heterocycles. The molecule has 0 heterocycles. The van der Waals surface area contributed by atoms with Gasteiger partial charge >= 0.3 is 0 Å². The van der Waals surface area contributed by atoms with Crippen LogP contribution < -0.4 is 4.74 Å². The molecule has 86 valence electrons. The highest BCUT2D eigenvalue weighted by atomic mass is 16.5. The molecule has 1 nitrogen and oxygen atoms in total. The van der Waals surface area contributed by atoms with Gasteiger partial charge in [-0.25, -0.2) is 0 Å². The summed E-state index contributed by atoms with van der Waals surface area (Å²) in [4.78, 5) is 0. The van der Waals surface area contributed by atoms with E-state index in [2.05, 4.69) is 25.0 Å². The summed E-state index contributed by atoms with van der Waals surface area (Å²) >= 11 is 0. The van der Waals surface area contributed by atoms with Gasteiger partial charge in [0.25, 0.3) is 0 Å². The van der Waals surface area contributed by atoms with Crippen LogP contribution >= 0.6 is 0 Å². The Morgan fingerprint density at radius 2 is 2.12 bits per heavy atom. The minimum atomic E-state index is 0.309. The molecule has 17 heavy (non-hydrogen) atoms. The zero-order chi connectivity index (χ0) is 12.5. The molecule has 0 aliphatic rings. The molecule has 1 aromatic carbocycles. The monoisotopic (exact) mass is 224 g/mol. The van der Waals surface area contributed by atoms with Gasteiger partial charge in [0.15, 0.2) is 0 Å². The predicted molar refractivity (Wildman–Crippen MR) is 74.1 cm³/mol. The third-order valence-corrected chi connectivity index (χ3v) is 2.45. The van der Waals surface area contributed by atoms with Crippen LogP contribution in [0, 0.1) is 18.3 Å². The van der Waals surface area contributed by atoms with E-state index < -0.39 is 0 Å². The topological polar surface area (TPSA) is 9.23 Å². The molecule has 0 aliphatic heterocycles. The largest absolute Gasteiger partial charge is 0.481 e. The summed E-state index contributed by atoms with van der Waals surface area (Å²) < 4.78 is 5.29. The van der Waals surface area contributed by atoms with Gasteiger partial charge in [-0.05, 0) is 30.0 Å². The van der Waals surface area contributed by atoms with Crippen molar-refractivity contribution in [3.8, 4) is 18.1 Å². The third kappa shape index (κ3) is 5.31. The van der Waals surface area contributed by atoms with Gasteiger partial charge in [0.1, 0.15) is 12.4 Å². The maximum atomic E-state index is 5.55. The lowest BCUT2D eigenvalue weighted by atomic mass is 9.90. The quantitative estimate of drug-likeness (QED) is 0.532. The lowest BCUT2D eigenvalue weighted by Gasteiger charge is -2.03. The number of terminal acetylenes is 1. The summed E-state index contributed by atoms with van der Waals surface area (Å²) in [7, 11) is 5.55. The van der Waals surface area contributed by atoms with E-state index in [1.54, 1.807) is 0 Å². The summed E-state index contributed by atoms with van der Waals surface area (Å²) in [6.07, 6.45) is 11.1. The van der Waals surface area contributed by atoms with Gasteiger partial charge in [0.2, 0.25) is 0 Å². The van der Waals surface area contributed by atoms with Gasteiger partial charge in [-0.2, -0.15) is 0 Å². The van der Waals surface area contributed by atoms with Crippen LogP contribution in [0.2, 0.25) is 6.32 Å². The fourth-order valence-corrected chi connectivity index (χ4v) is 1.33. The number of benzene rings is 1. The summed E-state index contributed by atoms with van der Waals surface area (Å²) in [5.74, 6) is 3.77. The highest BCUT2D eigenvalue weighted by Crippen LogP contribution is 2.14. The van der Waals surface area contributed by atoms with Crippen molar-refractivity contribution in [2.24, 2.45) is 5.92 Å². The molecular weight excluding hydrogens is 207 g/mol. The summed E-state index contributed by atoms with van der Waals surface area (Å²) in [6, 6.07) is 7.86. The molecule has 1 aromatic rings. The Morgan fingerprint density at radius 3 is 2.71 bits per heavy atom. The molecule has 1 atom stereocenters. The highest BCUT2D eigenvalue weighted by Gasteiger charge is 1.94. The number of rotatable bonds is 6. The van der Waals surface area contributed by atoms with Crippen LogP contribution in [0.25, 0.3) is 6.08 Å². The number of hydrogen-bond acceptors (Lipinski definition) is 1. The zero-order valence-corrected chi connectivity index (χ0v) is 10.2. The van der Waals surface area contributed by atoms with Crippen LogP contribution in [0.3, 0.4) is 0 Å². The lowest BCUT2D eigenvalue weighted by molar-refractivity contribution is 0.370. The standard InChI is InChI=1S/C15H17BO/c1-3-11-17-15-9-7-14(8-10-15)6-4-5-13(2)12-16/h1,4,6-10,13H,5,11-12H2,2H3/b6-4+/t13-/m0/s1. The van der Waals surface area contributed by atoms with Crippen molar-refractivity contribution in [1.82, 2.24) is 0 Å². The van der Waals surface area contributed by atoms with Gasteiger partial charge < -0.3 is 4.74 Å². The summed E-state index contributed by atoms with van der Waals surface area (Å²) in [5, 5.41) is 0. The lowest BCUT2D eigenvalue weighted by Crippen LogP contribution is -1.92. The van der Waals surface area contributed by atoms with E-state index in [9.17, 15) is 0 Å². The molecule has 0 N–H and O–H groups in total. The summed E-state index contributed by atoms with van der Waals surface area (Å²) in [5.41, 5.74) is 1.15. The number of hydrogen-bond donors (Lipinski definition) is 0. The van der Waals surface area contributed by atoms with Gasteiger partial charge in [0, 0.05) is 0 Å². The molecule has 0 aliphatic carbocycles. The molecule has 2 heteroatoms. The Bertz CT molecular complexity index is 386. The van der Waals surface area contributed by atoms with E-state index in [0.717, 1.165) is 24.1 Å². The van der Waals surface area contributed by atoms with Crippen molar-refractivity contribution in [3.63, 3.8) is 0 Å². The Balaban J connectivity index is 2.48. The average Bonchev–Trinajstić information content (AvgIpc) is 2.37. The molecule has 0 fully saturated rings. The van der Waals surface area contributed by atoms with E-state index in [-0.39, 0.29) is 0 Å². The SMILES string of the molecule is [B]C[C@@H](C)C/C=C/c1ccc(OCC#C)cc1. The van der Waals surface area contributed by atoms with Crippen molar-refractivity contribution < 1.29 is 4.74 Å². The fraction of sp³-hybridized carbons (Fsp3) is 0.333. The van der Waals surface area contributed by atoms with E-state index in [1.165, 1.54) is 0 Å². The Labute approximate surface area is 105 Å². The second-order valence-corrected chi connectivity index (χ2v) is 4.04. The highest BCUT2D eigenvalue weighted by molar-refractivity contribution is 6.08. The zero-order valence-electron chi connectivity index (χ0n) is 10.2. The molecule has 0 bridgehead atoms. The smallest absolute Gasteiger partial charge is 0.148 e. The first kappa shape index (κ1) is 13.4.